The number of furan rings is 1. The van der Waals surface area contributed by atoms with Gasteiger partial charge in [-0.05, 0) is 108 Å². The Morgan fingerprint density at radius 3 is 1.85 bits per heavy atom. The fourth-order valence-corrected chi connectivity index (χ4v) is 6.34. The maximum Gasteiger partial charge on any atom is 0.136 e. The number of fused-ring (bicyclic) bond motifs is 9. The van der Waals surface area contributed by atoms with Gasteiger partial charge in [-0.2, -0.15) is 0 Å². The van der Waals surface area contributed by atoms with E-state index in [1.165, 1.54) is 0 Å². The average molecular weight is 606 g/mol. The van der Waals surface area contributed by atoms with Gasteiger partial charge in [0.2, 0.25) is 0 Å². The fourth-order valence-electron chi connectivity index (χ4n) is 6.34. The molecule has 1 nitrogen and oxygen atoms in total. The van der Waals surface area contributed by atoms with Gasteiger partial charge in [-0.1, -0.05) is 133 Å². The zero-order valence-corrected chi connectivity index (χ0v) is 23.5. The van der Waals surface area contributed by atoms with Crippen molar-refractivity contribution in [2.75, 3.05) is 0 Å². The highest BCUT2D eigenvalue weighted by atomic mass is 16.3. The van der Waals surface area contributed by atoms with E-state index < -0.39 is 143 Å². The predicted octanol–water partition coefficient (Wildman–Crippen LogP) is 12.5. The van der Waals surface area contributed by atoms with E-state index in [1.54, 1.807) is 30.3 Å². The minimum absolute atomic E-state index is 0.00571. The molecule has 1 aliphatic rings. The Bertz CT molecular complexity index is 3760. The quantitative estimate of drug-likeness (QED) is 0.183. The molecule has 10 rings (SSSR count). The van der Waals surface area contributed by atoms with Crippen molar-refractivity contribution in [2.24, 2.45) is 0 Å². The lowest BCUT2D eigenvalue weighted by Gasteiger charge is -2.18. The van der Waals surface area contributed by atoms with Gasteiger partial charge < -0.3 is 4.42 Å². The van der Waals surface area contributed by atoms with Crippen LogP contribution in [0.15, 0.2) is 162 Å². The van der Waals surface area contributed by atoms with Gasteiger partial charge in [0.1, 0.15) is 11.2 Å². The predicted molar refractivity (Wildman–Crippen MR) is 193 cm³/mol. The molecule has 0 radical (unpaired) electrons. The van der Waals surface area contributed by atoms with Crippen LogP contribution in [0.2, 0.25) is 0 Å². The lowest BCUT2D eigenvalue weighted by atomic mass is 9.85. The van der Waals surface area contributed by atoms with Crippen LogP contribution in [0.5, 0.6) is 0 Å². The minimum atomic E-state index is -0.915. The van der Waals surface area contributed by atoms with Crippen molar-refractivity contribution in [1.82, 2.24) is 0 Å². The smallest absolute Gasteiger partial charge is 0.136 e. The molecule has 9 aromatic rings. The van der Waals surface area contributed by atoms with Crippen molar-refractivity contribution in [3.05, 3.63) is 168 Å². The molecule has 1 aliphatic carbocycles. The van der Waals surface area contributed by atoms with Crippen LogP contribution < -0.4 is 0 Å². The van der Waals surface area contributed by atoms with Crippen molar-refractivity contribution in [1.29, 1.82) is 0 Å². The van der Waals surface area contributed by atoms with Crippen LogP contribution >= 0.6 is 0 Å². The summed E-state index contributed by atoms with van der Waals surface area (Å²) in [5, 5.41) is -1.59. The molecule has 0 amide bonds. The van der Waals surface area contributed by atoms with Crippen LogP contribution in [0.3, 0.4) is 0 Å². The molecule has 0 spiro atoms. The van der Waals surface area contributed by atoms with E-state index in [9.17, 15) is 13.7 Å². The van der Waals surface area contributed by atoms with Crippen LogP contribution in [-0.2, 0) is 6.42 Å². The molecule has 0 bridgehead atoms. The third-order valence-corrected chi connectivity index (χ3v) is 8.27. The van der Waals surface area contributed by atoms with Gasteiger partial charge >= 0.3 is 0 Å². The highest BCUT2D eigenvalue weighted by Crippen LogP contribution is 2.47. The molecule has 0 saturated carbocycles. The lowest BCUT2D eigenvalue weighted by molar-refractivity contribution is 0.669. The van der Waals surface area contributed by atoms with Crippen LogP contribution in [0, 0.1) is 0 Å². The summed E-state index contributed by atoms with van der Waals surface area (Å²) >= 11 is 0. The first-order valence-corrected chi connectivity index (χ1v) is 14.3. The topological polar surface area (TPSA) is 13.1 Å². The summed E-state index contributed by atoms with van der Waals surface area (Å²) in [7, 11) is 0. The summed E-state index contributed by atoms with van der Waals surface area (Å²) in [5.74, 6) is 0. The summed E-state index contributed by atoms with van der Waals surface area (Å²) < 4.78 is 196. The maximum atomic E-state index is 9.82. The molecule has 214 valence electrons. The Balaban J connectivity index is 1.39. The molecule has 1 heteroatoms. The highest BCUT2D eigenvalue weighted by molar-refractivity contribution is 6.21. The maximum absolute atomic E-state index is 9.82. The molecule has 0 aliphatic heterocycles. The van der Waals surface area contributed by atoms with E-state index in [0.29, 0.717) is 5.56 Å². The second-order valence-electron chi connectivity index (χ2n) is 10.8. The highest BCUT2D eigenvalue weighted by Gasteiger charge is 2.24. The molecule has 1 aromatic heterocycles. The molecular formula is C45H28O. The molecule has 0 fully saturated rings. The number of hydrogen-bond donors (Lipinski definition) is 0. The molecular weight excluding hydrogens is 556 g/mol. The van der Waals surface area contributed by atoms with E-state index >= 15 is 0 Å². The lowest BCUT2D eigenvalue weighted by Crippen LogP contribution is -1.91. The SMILES string of the molecule is [2H]c1c([2H])c([2H])c2c(c1[2H])Cc1c([2H])c([2H])c3oc4c([2H])c(-c5c([2H])c([2H])c([2H])c(-c6c7c([2H])c([2H])c([2H])c([2H])c7c(-c7ccccc7)c7c([2H])c([2H])c([2H])c([2H])c67)c5[2H])c([2H])c([2H])c4c3c1-2. The third kappa shape index (κ3) is 3.69. The van der Waals surface area contributed by atoms with Crippen molar-refractivity contribution in [2.45, 2.75) is 6.42 Å². The van der Waals surface area contributed by atoms with Crippen LogP contribution in [0.4, 0.5) is 0 Å². The summed E-state index contributed by atoms with van der Waals surface area (Å²) in [6.07, 6.45) is -0.171. The first kappa shape index (κ1) is 12.5. The first-order chi connectivity index (χ1) is 31.6. The fraction of sp³-hybridized carbons (Fsp3) is 0.0222. The van der Waals surface area contributed by atoms with E-state index in [2.05, 4.69) is 0 Å². The number of hydrogen-bond acceptors (Lipinski definition) is 1. The van der Waals surface area contributed by atoms with Gasteiger partial charge in [0.15, 0.2) is 0 Å². The zero-order valence-electron chi connectivity index (χ0n) is 44.5. The van der Waals surface area contributed by atoms with Gasteiger partial charge in [-0.25, -0.2) is 0 Å². The Kier molecular flexibility index (Phi) is 2.65. The monoisotopic (exact) mass is 605 g/mol. The first-order valence-electron chi connectivity index (χ1n) is 24.8. The van der Waals surface area contributed by atoms with Gasteiger partial charge in [0.25, 0.3) is 0 Å². The normalized spacial score (nSPS) is 18.7. The molecule has 0 unspecified atom stereocenters. The Morgan fingerprint density at radius 2 is 1.09 bits per heavy atom. The van der Waals surface area contributed by atoms with Crippen molar-refractivity contribution in [3.63, 3.8) is 0 Å². The largest absolute Gasteiger partial charge is 0.456 e. The van der Waals surface area contributed by atoms with E-state index in [1.807, 2.05) is 0 Å². The van der Waals surface area contributed by atoms with Gasteiger partial charge in [0, 0.05) is 10.8 Å². The molecule has 0 N–H and O–H groups in total. The summed E-state index contributed by atoms with van der Waals surface area (Å²) in [4.78, 5) is 0. The van der Waals surface area contributed by atoms with Crippen LogP contribution in [-0.4, -0.2) is 0 Å². The number of rotatable bonds is 3. The third-order valence-electron chi connectivity index (χ3n) is 8.27. The second kappa shape index (κ2) is 9.79. The van der Waals surface area contributed by atoms with Crippen molar-refractivity contribution in [3.8, 4) is 44.5 Å². The van der Waals surface area contributed by atoms with Gasteiger partial charge in [0.05, 0.1) is 28.8 Å². The van der Waals surface area contributed by atoms with Crippen molar-refractivity contribution >= 4 is 43.5 Å². The Morgan fingerprint density at radius 1 is 0.435 bits per heavy atom. The molecule has 8 aromatic carbocycles. The average Bonchev–Trinajstić information content (AvgIpc) is 3.92. The van der Waals surface area contributed by atoms with E-state index in [0.717, 1.165) is 0 Å². The molecule has 0 atom stereocenters. The summed E-state index contributed by atoms with van der Waals surface area (Å²) in [5.41, 5.74) is -2.69. The Labute approximate surface area is 296 Å². The molecule has 0 saturated heterocycles. The number of benzene rings is 8. The standard InChI is InChI=1S/C45H28O/c1-2-11-28(12-3-1)42-35-17-6-8-19-37(35)43(38-20-9-7-18-36(38)42)32-15-10-14-29(25-32)30-21-23-39-41(27-30)46-40-24-22-33-26-31-13-4-5-16-34(31)44(33)45(39)40/h1-25,27H,26H2/i4D,5D,6D,7D,8D,9D,10D,13D,14D,15D,16D,17D,18D,19D,20D,21D,22D,23D,24D,25D,27D. The van der Waals surface area contributed by atoms with Gasteiger partial charge in [-0.15, -0.1) is 0 Å². The zero-order chi connectivity index (χ0) is 48.5. The second-order valence-corrected chi connectivity index (χ2v) is 10.8. The van der Waals surface area contributed by atoms with Crippen LogP contribution in [0.1, 0.15) is 39.9 Å². The van der Waals surface area contributed by atoms with E-state index in [-0.39, 0.29) is 84.2 Å². The van der Waals surface area contributed by atoms with Crippen molar-refractivity contribution < 1.29 is 33.2 Å². The van der Waals surface area contributed by atoms with Gasteiger partial charge in [-0.3, -0.25) is 0 Å². The Hall–Kier alpha value is -5.92. The van der Waals surface area contributed by atoms with E-state index in [4.69, 9.17) is 19.5 Å². The summed E-state index contributed by atoms with van der Waals surface area (Å²) in [6.45, 7) is 0. The molecule has 1 heterocycles. The van der Waals surface area contributed by atoms with Crippen LogP contribution in [0.25, 0.3) is 88.0 Å². The minimum Gasteiger partial charge on any atom is -0.456 e. The summed E-state index contributed by atoms with van der Waals surface area (Å²) in [6, 6.07) is -6.22. The molecule has 46 heavy (non-hydrogen) atoms.